The number of nitrogens with two attached hydrogens (primary N) is 1. The van der Waals surface area contributed by atoms with Gasteiger partial charge in [-0.05, 0) is 43.3 Å². The molecule has 0 atom stereocenters. The molecule has 2 aromatic heterocycles. The summed E-state index contributed by atoms with van der Waals surface area (Å²) >= 11 is 5.78. The number of hydrogen-bond acceptors (Lipinski definition) is 4. The summed E-state index contributed by atoms with van der Waals surface area (Å²) in [6.07, 6.45) is 0. The molecule has 1 aromatic carbocycles. The summed E-state index contributed by atoms with van der Waals surface area (Å²) in [6, 6.07) is 10.2. The molecule has 1 amide bonds. The minimum atomic E-state index is -0.350. The normalized spacial score (nSPS) is 10.8. The Morgan fingerprint density at radius 2 is 2.10 bits per heavy atom. The summed E-state index contributed by atoms with van der Waals surface area (Å²) in [5, 5.41) is 3.91. The predicted octanol–water partition coefficient (Wildman–Crippen LogP) is 3.62. The second-order valence-electron chi connectivity index (χ2n) is 4.63. The highest BCUT2D eigenvalue weighted by Crippen LogP contribution is 2.23. The molecule has 0 saturated heterocycles. The fourth-order valence-corrected chi connectivity index (χ4v) is 2.21. The lowest BCUT2D eigenvalue weighted by atomic mass is 10.2. The first kappa shape index (κ1) is 13.5. The van der Waals surface area contributed by atoms with Crippen LogP contribution in [-0.4, -0.2) is 10.9 Å². The highest BCUT2D eigenvalue weighted by atomic mass is 35.5. The third-order valence-corrected chi connectivity index (χ3v) is 3.27. The maximum absolute atomic E-state index is 12.2. The molecule has 0 unspecified atom stereocenters. The maximum atomic E-state index is 12.2. The zero-order chi connectivity index (χ0) is 15.0. The summed E-state index contributed by atoms with van der Waals surface area (Å²) in [4.78, 5) is 16.3. The van der Waals surface area contributed by atoms with Crippen molar-refractivity contribution < 1.29 is 9.21 Å². The first-order valence-electron chi connectivity index (χ1n) is 6.26. The molecule has 0 radical (unpaired) electrons. The second-order valence-corrected chi connectivity index (χ2v) is 5.02. The Morgan fingerprint density at radius 1 is 1.29 bits per heavy atom. The molecule has 0 aliphatic carbocycles. The molecule has 106 valence electrons. The van der Waals surface area contributed by atoms with Gasteiger partial charge in [0.25, 0.3) is 5.91 Å². The molecule has 0 bridgehead atoms. The first-order valence-corrected chi connectivity index (χ1v) is 6.64. The number of aromatic nitrogens is 1. The third kappa shape index (κ3) is 2.68. The number of nitrogen functional groups attached to an aromatic ring is 1. The van der Waals surface area contributed by atoms with Crippen LogP contribution in [0.1, 0.15) is 16.2 Å². The SMILES string of the molecule is Cc1nc(Cl)ccc1NC(=O)c1cc2cc(N)ccc2o1. The van der Waals surface area contributed by atoms with E-state index in [9.17, 15) is 4.79 Å². The van der Waals surface area contributed by atoms with Gasteiger partial charge in [0.1, 0.15) is 10.7 Å². The molecule has 0 fully saturated rings. The van der Waals surface area contributed by atoms with Crippen LogP contribution in [0.15, 0.2) is 40.8 Å². The highest BCUT2D eigenvalue weighted by Gasteiger charge is 2.14. The van der Waals surface area contributed by atoms with Gasteiger partial charge >= 0.3 is 0 Å². The number of carbonyl (C=O) groups excluding carboxylic acids is 1. The zero-order valence-electron chi connectivity index (χ0n) is 11.2. The van der Waals surface area contributed by atoms with Crippen LogP contribution in [-0.2, 0) is 0 Å². The Kier molecular flexibility index (Phi) is 3.27. The number of hydrogen-bond donors (Lipinski definition) is 2. The lowest BCUT2D eigenvalue weighted by Crippen LogP contribution is -2.12. The van der Waals surface area contributed by atoms with Gasteiger partial charge in [-0.2, -0.15) is 0 Å². The highest BCUT2D eigenvalue weighted by molar-refractivity contribution is 6.29. The molecule has 0 saturated carbocycles. The lowest BCUT2D eigenvalue weighted by molar-refractivity contribution is 0.0998. The number of benzene rings is 1. The number of fused-ring (bicyclic) bond motifs is 1. The van der Waals surface area contributed by atoms with Crippen molar-refractivity contribution in [2.75, 3.05) is 11.1 Å². The number of nitrogens with one attached hydrogen (secondary N) is 1. The molecule has 21 heavy (non-hydrogen) atoms. The van der Waals surface area contributed by atoms with E-state index < -0.39 is 0 Å². The molecule has 3 N–H and O–H groups in total. The predicted molar refractivity (Wildman–Crippen MR) is 82.6 cm³/mol. The van der Waals surface area contributed by atoms with Gasteiger partial charge in [-0.3, -0.25) is 4.79 Å². The van der Waals surface area contributed by atoms with Crippen molar-refractivity contribution in [1.29, 1.82) is 0 Å². The second kappa shape index (κ2) is 5.10. The summed E-state index contributed by atoms with van der Waals surface area (Å²) in [5.41, 5.74) is 8.16. The summed E-state index contributed by atoms with van der Waals surface area (Å²) in [6.45, 7) is 1.76. The average molecular weight is 302 g/mol. The van der Waals surface area contributed by atoms with E-state index in [1.807, 2.05) is 0 Å². The van der Waals surface area contributed by atoms with E-state index in [0.717, 1.165) is 5.39 Å². The number of nitrogens with zero attached hydrogens (tertiary/aromatic N) is 1. The van der Waals surface area contributed by atoms with E-state index >= 15 is 0 Å². The molecule has 3 aromatic rings. The minimum Gasteiger partial charge on any atom is -0.451 e. The molecule has 0 spiro atoms. The largest absolute Gasteiger partial charge is 0.451 e. The number of carbonyl (C=O) groups is 1. The van der Waals surface area contributed by atoms with Gasteiger partial charge in [0.2, 0.25) is 0 Å². The van der Waals surface area contributed by atoms with Crippen molar-refractivity contribution in [3.05, 3.63) is 53.0 Å². The Labute approximate surface area is 125 Å². The summed E-state index contributed by atoms with van der Waals surface area (Å²) in [5.74, 6) is -0.137. The number of amides is 1. The zero-order valence-corrected chi connectivity index (χ0v) is 11.9. The van der Waals surface area contributed by atoms with E-state index in [2.05, 4.69) is 10.3 Å². The quantitative estimate of drug-likeness (QED) is 0.559. The van der Waals surface area contributed by atoms with Crippen molar-refractivity contribution in [3.8, 4) is 0 Å². The van der Waals surface area contributed by atoms with Crippen LogP contribution in [0.5, 0.6) is 0 Å². The van der Waals surface area contributed by atoms with Gasteiger partial charge in [0.05, 0.1) is 11.4 Å². The number of aryl methyl sites for hydroxylation is 1. The smallest absolute Gasteiger partial charge is 0.291 e. The van der Waals surface area contributed by atoms with Gasteiger partial charge in [-0.25, -0.2) is 4.98 Å². The molecule has 3 rings (SSSR count). The summed E-state index contributed by atoms with van der Waals surface area (Å²) < 4.78 is 5.51. The Morgan fingerprint density at radius 3 is 2.86 bits per heavy atom. The van der Waals surface area contributed by atoms with E-state index in [1.165, 1.54) is 0 Å². The van der Waals surface area contributed by atoms with Gasteiger partial charge in [-0.1, -0.05) is 11.6 Å². The molecule has 0 aliphatic heterocycles. The molecular weight excluding hydrogens is 290 g/mol. The Balaban J connectivity index is 1.89. The van der Waals surface area contributed by atoms with E-state index in [0.29, 0.717) is 27.8 Å². The number of pyridine rings is 1. The van der Waals surface area contributed by atoms with Crippen LogP contribution in [0.25, 0.3) is 11.0 Å². The Bertz CT molecular complexity index is 842. The number of halogens is 1. The van der Waals surface area contributed by atoms with Crippen LogP contribution in [0.3, 0.4) is 0 Å². The fourth-order valence-electron chi connectivity index (χ4n) is 2.02. The number of anilines is 2. The van der Waals surface area contributed by atoms with E-state index in [4.69, 9.17) is 21.8 Å². The topological polar surface area (TPSA) is 81.2 Å². The van der Waals surface area contributed by atoms with Crippen LogP contribution >= 0.6 is 11.6 Å². The number of rotatable bonds is 2. The van der Waals surface area contributed by atoms with Crippen LogP contribution in [0.4, 0.5) is 11.4 Å². The van der Waals surface area contributed by atoms with Gasteiger partial charge in [0, 0.05) is 11.1 Å². The standard InChI is InChI=1S/C15H12ClN3O2/c1-8-11(3-5-14(16)18-8)19-15(20)13-7-9-6-10(17)2-4-12(9)21-13/h2-7H,17H2,1H3,(H,19,20). The van der Waals surface area contributed by atoms with Crippen molar-refractivity contribution in [2.45, 2.75) is 6.92 Å². The maximum Gasteiger partial charge on any atom is 0.291 e. The molecule has 5 nitrogen and oxygen atoms in total. The van der Waals surface area contributed by atoms with Gasteiger partial charge in [0.15, 0.2) is 5.76 Å². The van der Waals surface area contributed by atoms with Crippen molar-refractivity contribution in [2.24, 2.45) is 0 Å². The fraction of sp³-hybridized carbons (Fsp3) is 0.0667. The minimum absolute atomic E-state index is 0.213. The Hall–Kier alpha value is -2.53. The summed E-state index contributed by atoms with van der Waals surface area (Å²) in [7, 11) is 0. The first-order chi connectivity index (χ1) is 10.0. The van der Waals surface area contributed by atoms with Crippen molar-refractivity contribution in [1.82, 2.24) is 4.98 Å². The monoisotopic (exact) mass is 301 g/mol. The average Bonchev–Trinajstić information content (AvgIpc) is 2.85. The molecular formula is C15H12ClN3O2. The van der Waals surface area contributed by atoms with Gasteiger partial charge < -0.3 is 15.5 Å². The molecule has 0 aliphatic rings. The molecule has 6 heteroatoms. The van der Waals surface area contributed by atoms with E-state index in [1.54, 1.807) is 43.3 Å². The number of furan rings is 1. The van der Waals surface area contributed by atoms with Crippen molar-refractivity contribution in [3.63, 3.8) is 0 Å². The lowest BCUT2D eigenvalue weighted by Gasteiger charge is -2.06. The van der Waals surface area contributed by atoms with Crippen LogP contribution < -0.4 is 11.1 Å². The van der Waals surface area contributed by atoms with Crippen LogP contribution in [0, 0.1) is 6.92 Å². The van der Waals surface area contributed by atoms with Crippen molar-refractivity contribution >= 4 is 39.9 Å². The third-order valence-electron chi connectivity index (χ3n) is 3.06. The molecule has 2 heterocycles. The van der Waals surface area contributed by atoms with Crippen LogP contribution in [0.2, 0.25) is 5.15 Å². The van der Waals surface area contributed by atoms with Gasteiger partial charge in [-0.15, -0.1) is 0 Å². The van der Waals surface area contributed by atoms with E-state index in [-0.39, 0.29) is 11.7 Å².